The van der Waals surface area contributed by atoms with Gasteiger partial charge < -0.3 is 10.5 Å². The van der Waals surface area contributed by atoms with E-state index in [-0.39, 0.29) is 0 Å². The molecule has 5 heteroatoms. The van der Waals surface area contributed by atoms with Gasteiger partial charge in [-0.15, -0.1) is 0 Å². The minimum atomic E-state index is 0.430. The molecule has 0 spiro atoms. The summed E-state index contributed by atoms with van der Waals surface area (Å²) in [6.07, 6.45) is 0. The molecule has 0 fully saturated rings. The van der Waals surface area contributed by atoms with Crippen LogP contribution in [-0.4, -0.2) is 17.1 Å². The maximum absolute atomic E-state index is 6.15. The molecule has 0 radical (unpaired) electrons. The van der Waals surface area contributed by atoms with Crippen LogP contribution in [0, 0.1) is 6.92 Å². The first-order valence-electron chi connectivity index (χ1n) is 5.05. The number of benzene rings is 1. The summed E-state index contributed by atoms with van der Waals surface area (Å²) in [7, 11) is 1.59. The fourth-order valence-electron chi connectivity index (χ4n) is 1.52. The number of methoxy groups -OCH3 is 1. The molecule has 0 saturated heterocycles. The summed E-state index contributed by atoms with van der Waals surface area (Å²) in [6.45, 7) is 1.86. The fourth-order valence-corrected chi connectivity index (χ4v) is 1.77. The lowest BCUT2D eigenvalue weighted by molar-refractivity contribution is 0.415. The zero-order valence-corrected chi connectivity index (χ0v) is 10.3. The number of aryl methyl sites for hydroxylation is 1. The second kappa shape index (κ2) is 4.59. The predicted octanol–water partition coefficient (Wildman–Crippen LogP) is 2.70. The van der Waals surface area contributed by atoms with Crippen LogP contribution in [0.15, 0.2) is 24.3 Å². The molecule has 0 bridgehead atoms. The number of nitrogens with zero attached hydrogens (tertiary/aromatic N) is 2. The molecular weight excluding hydrogens is 238 g/mol. The molecule has 1 heterocycles. The van der Waals surface area contributed by atoms with Crippen molar-refractivity contribution in [2.45, 2.75) is 6.92 Å². The van der Waals surface area contributed by atoms with Gasteiger partial charge in [-0.2, -0.15) is 0 Å². The number of nitrogen functional groups attached to an aromatic ring is 1. The van der Waals surface area contributed by atoms with E-state index in [9.17, 15) is 0 Å². The molecule has 0 aliphatic heterocycles. The summed E-state index contributed by atoms with van der Waals surface area (Å²) in [6, 6.07) is 7.05. The van der Waals surface area contributed by atoms with Gasteiger partial charge in [-0.05, 0) is 25.1 Å². The standard InChI is InChI=1S/C12H12ClN3O/c1-7-5-11(14)16-12(15-7)9-4-3-8(17-2)6-10(9)13/h3-6H,1-2H3,(H2,14,15,16). The largest absolute Gasteiger partial charge is 0.497 e. The van der Waals surface area contributed by atoms with E-state index in [1.807, 2.05) is 19.1 Å². The lowest BCUT2D eigenvalue weighted by Gasteiger charge is -2.07. The summed E-state index contributed by atoms with van der Waals surface area (Å²) in [5, 5.41) is 0.536. The van der Waals surface area contributed by atoms with Gasteiger partial charge in [-0.25, -0.2) is 9.97 Å². The number of rotatable bonds is 2. The molecule has 2 rings (SSSR count). The predicted molar refractivity (Wildman–Crippen MR) is 68.2 cm³/mol. The van der Waals surface area contributed by atoms with Crippen molar-refractivity contribution in [2.24, 2.45) is 0 Å². The highest BCUT2D eigenvalue weighted by Gasteiger charge is 2.09. The number of anilines is 1. The highest BCUT2D eigenvalue weighted by molar-refractivity contribution is 6.33. The van der Waals surface area contributed by atoms with Crippen LogP contribution in [0.3, 0.4) is 0 Å². The minimum Gasteiger partial charge on any atom is -0.497 e. The van der Waals surface area contributed by atoms with Gasteiger partial charge >= 0.3 is 0 Å². The maximum Gasteiger partial charge on any atom is 0.163 e. The van der Waals surface area contributed by atoms with E-state index in [1.54, 1.807) is 19.2 Å². The quantitative estimate of drug-likeness (QED) is 0.889. The molecule has 17 heavy (non-hydrogen) atoms. The number of halogens is 1. The molecule has 0 saturated carbocycles. The average Bonchev–Trinajstić information content (AvgIpc) is 2.27. The van der Waals surface area contributed by atoms with Gasteiger partial charge in [0.2, 0.25) is 0 Å². The summed E-state index contributed by atoms with van der Waals surface area (Å²) >= 11 is 6.15. The topological polar surface area (TPSA) is 61.0 Å². The average molecular weight is 250 g/mol. The Morgan fingerprint density at radius 1 is 1.24 bits per heavy atom. The van der Waals surface area contributed by atoms with Crippen molar-refractivity contribution in [1.82, 2.24) is 9.97 Å². The van der Waals surface area contributed by atoms with Gasteiger partial charge in [0.25, 0.3) is 0 Å². The van der Waals surface area contributed by atoms with Crippen LogP contribution in [0.5, 0.6) is 5.75 Å². The van der Waals surface area contributed by atoms with Crippen molar-refractivity contribution in [2.75, 3.05) is 12.8 Å². The van der Waals surface area contributed by atoms with Crippen molar-refractivity contribution in [1.29, 1.82) is 0 Å². The van der Waals surface area contributed by atoms with Crippen molar-refractivity contribution in [3.05, 3.63) is 35.0 Å². The molecule has 1 aromatic heterocycles. The second-order valence-electron chi connectivity index (χ2n) is 3.60. The Balaban J connectivity index is 2.52. The number of aromatic nitrogens is 2. The highest BCUT2D eigenvalue weighted by Crippen LogP contribution is 2.29. The molecule has 2 aromatic rings. The summed E-state index contributed by atoms with van der Waals surface area (Å²) in [4.78, 5) is 8.47. The fraction of sp³-hybridized carbons (Fsp3) is 0.167. The summed E-state index contributed by atoms with van der Waals surface area (Å²) in [5.41, 5.74) is 7.23. The third-order valence-corrected chi connectivity index (χ3v) is 2.60. The van der Waals surface area contributed by atoms with Crippen molar-refractivity contribution < 1.29 is 4.74 Å². The van der Waals surface area contributed by atoms with Gasteiger partial charge in [0, 0.05) is 17.3 Å². The van der Waals surface area contributed by atoms with E-state index in [1.165, 1.54) is 0 Å². The van der Waals surface area contributed by atoms with Gasteiger partial charge in [0.1, 0.15) is 11.6 Å². The number of hydrogen-bond acceptors (Lipinski definition) is 4. The maximum atomic E-state index is 6.15. The Bertz CT molecular complexity index is 537. The molecule has 0 aliphatic rings. The Hall–Kier alpha value is -1.81. The van der Waals surface area contributed by atoms with Crippen LogP contribution in [0.2, 0.25) is 5.02 Å². The SMILES string of the molecule is COc1ccc(-c2nc(C)cc(N)n2)c(Cl)c1. The number of hydrogen-bond donors (Lipinski definition) is 1. The first-order valence-corrected chi connectivity index (χ1v) is 5.43. The van der Waals surface area contributed by atoms with Crippen LogP contribution in [0.25, 0.3) is 11.4 Å². The molecule has 2 N–H and O–H groups in total. The minimum absolute atomic E-state index is 0.430. The molecule has 4 nitrogen and oxygen atoms in total. The lowest BCUT2D eigenvalue weighted by Crippen LogP contribution is -1.98. The van der Waals surface area contributed by atoms with E-state index >= 15 is 0 Å². The molecular formula is C12H12ClN3O. The van der Waals surface area contributed by atoms with Crippen molar-refractivity contribution in [3.63, 3.8) is 0 Å². The molecule has 0 unspecified atom stereocenters. The van der Waals surface area contributed by atoms with Gasteiger partial charge in [0.15, 0.2) is 5.82 Å². The van der Waals surface area contributed by atoms with Crippen LogP contribution in [0.4, 0.5) is 5.82 Å². The third-order valence-electron chi connectivity index (χ3n) is 2.29. The van der Waals surface area contributed by atoms with Gasteiger partial charge in [-0.1, -0.05) is 11.6 Å². The lowest BCUT2D eigenvalue weighted by atomic mass is 10.2. The Morgan fingerprint density at radius 2 is 2.00 bits per heavy atom. The van der Waals surface area contributed by atoms with Gasteiger partial charge in [-0.3, -0.25) is 0 Å². The van der Waals surface area contributed by atoms with Crippen LogP contribution in [-0.2, 0) is 0 Å². The normalized spacial score (nSPS) is 10.3. The van der Waals surface area contributed by atoms with E-state index in [4.69, 9.17) is 22.1 Å². The van der Waals surface area contributed by atoms with Gasteiger partial charge in [0.05, 0.1) is 12.1 Å². The van der Waals surface area contributed by atoms with E-state index in [0.717, 1.165) is 11.3 Å². The summed E-state index contributed by atoms with van der Waals surface area (Å²) in [5.74, 6) is 1.65. The second-order valence-corrected chi connectivity index (χ2v) is 4.01. The molecule has 88 valence electrons. The van der Waals surface area contributed by atoms with Crippen LogP contribution >= 0.6 is 11.6 Å². The summed E-state index contributed by atoms with van der Waals surface area (Å²) < 4.78 is 5.08. The van der Waals surface area contributed by atoms with Crippen LogP contribution < -0.4 is 10.5 Å². The molecule has 0 aliphatic carbocycles. The van der Waals surface area contributed by atoms with E-state index < -0.39 is 0 Å². The zero-order chi connectivity index (χ0) is 12.4. The Morgan fingerprint density at radius 3 is 2.59 bits per heavy atom. The van der Waals surface area contributed by atoms with Crippen LogP contribution in [0.1, 0.15) is 5.69 Å². The first kappa shape index (κ1) is 11.7. The molecule has 0 atom stereocenters. The molecule has 0 amide bonds. The Labute approximate surface area is 104 Å². The zero-order valence-electron chi connectivity index (χ0n) is 9.57. The van der Waals surface area contributed by atoms with Crippen molar-refractivity contribution in [3.8, 4) is 17.1 Å². The highest BCUT2D eigenvalue weighted by atomic mass is 35.5. The monoisotopic (exact) mass is 249 g/mol. The number of nitrogens with two attached hydrogens (primary N) is 1. The molecule has 1 aromatic carbocycles. The van der Waals surface area contributed by atoms with E-state index in [2.05, 4.69) is 9.97 Å². The number of ether oxygens (including phenoxy) is 1. The Kier molecular flexibility index (Phi) is 3.15. The first-order chi connectivity index (χ1) is 8.10. The third kappa shape index (κ3) is 2.47. The smallest absolute Gasteiger partial charge is 0.163 e. The van der Waals surface area contributed by atoms with E-state index in [0.29, 0.717) is 22.4 Å². The van der Waals surface area contributed by atoms with Crippen molar-refractivity contribution >= 4 is 17.4 Å².